The maximum absolute atomic E-state index is 6.04. The number of nitrogens with two attached hydrogens (primary N) is 1. The first kappa shape index (κ1) is 12.1. The Hall–Kier alpha value is -1.39. The fourth-order valence-electron chi connectivity index (χ4n) is 2.07. The first-order valence-corrected chi connectivity index (χ1v) is 5.99. The van der Waals surface area contributed by atoms with Crippen LogP contribution in [0.1, 0.15) is 11.1 Å². The van der Waals surface area contributed by atoms with E-state index in [-0.39, 0.29) is 6.04 Å². The predicted molar refractivity (Wildman–Crippen MR) is 71.4 cm³/mol. The molecule has 1 aromatic carbocycles. The molecule has 2 unspecified atom stereocenters. The highest BCUT2D eigenvalue weighted by atomic mass is 15.1. The summed E-state index contributed by atoms with van der Waals surface area (Å²) in [7, 11) is 1.96. The van der Waals surface area contributed by atoms with Gasteiger partial charge in [-0.2, -0.15) is 0 Å². The molecule has 4 N–H and O–H groups in total. The molecule has 1 heterocycles. The summed E-state index contributed by atoms with van der Waals surface area (Å²) >= 11 is 0. The molecule has 1 aliphatic heterocycles. The Morgan fingerprint density at radius 3 is 2.71 bits per heavy atom. The molecule has 1 saturated heterocycles. The van der Waals surface area contributed by atoms with Gasteiger partial charge < -0.3 is 16.4 Å². The van der Waals surface area contributed by atoms with Crippen molar-refractivity contribution in [3.63, 3.8) is 0 Å². The van der Waals surface area contributed by atoms with Crippen LogP contribution in [0.3, 0.4) is 0 Å². The van der Waals surface area contributed by atoms with E-state index in [0.29, 0.717) is 11.9 Å². The van der Waals surface area contributed by atoms with Crippen LogP contribution in [0.4, 0.5) is 0 Å². The Morgan fingerprint density at radius 2 is 2.06 bits per heavy atom. The van der Waals surface area contributed by atoms with Crippen molar-refractivity contribution in [1.82, 2.24) is 10.6 Å². The van der Waals surface area contributed by atoms with E-state index >= 15 is 0 Å². The molecule has 1 fully saturated rings. The van der Waals surface area contributed by atoms with E-state index in [9.17, 15) is 0 Å². The first-order valence-electron chi connectivity index (χ1n) is 5.99. The molecule has 92 valence electrons. The van der Waals surface area contributed by atoms with Crippen LogP contribution in [0.5, 0.6) is 0 Å². The number of nitrogens with zero attached hydrogens (tertiary/aromatic N) is 1. The standard InChI is InChI=1S/C13H20N4/c1-9-3-5-10(6-4-9)13(14)17-12-8-16-7-11(12)15-2/h3-6,11-12,15-16H,7-8H2,1-2H3,(H2,14,17). The van der Waals surface area contributed by atoms with Crippen LogP contribution in [0.15, 0.2) is 29.3 Å². The summed E-state index contributed by atoms with van der Waals surface area (Å²) < 4.78 is 0. The average Bonchev–Trinajstić information content (AvgIpc) is 2.77. The van der Waals surface area contributed by atoms with Gasteiger partial charge in [-0.1, -0.05) is 29.8 Å². The molecule has 0 aromatic heterocycles. The normalized spacial score (nSPS) is 25.2. The van der Waals surface area contributed by atoms with E-state index in [1.54, 1.807) is 0 Å². The molecular formula is C13H20N4. The molecule has 17 heavy (non-hydrogen) atoms. The maximum Gasteiger partial charge on any atom is 0.126 e. The quantitative estimate of drug-likeness (QED) is 0.517. The molecule has 4 nitrogen and oxygen atoms in total. The molecule has 4 heteroatoms. The summed E-state index contributed by atoms with van der Waals surface area (Å²) in [6.45, 7) is 3.90. The van der Waals surface area contributed by atoms with E-state index in [1.807, 2.05) is 19.2 Å². The SMILES string of the molecule is CNC1CNCC1N=C(N)c1ccc(C)cc1. The van der Waals surface area contributed by atoms with E-state index in [0.717, 1.165) is 18.7 Å². The van der Waals surface area contributed by atoms with Gasteiger partial charge >= 0.3 is 0 Å². The number of aryl methyl sites for hydroxylation is 1. The van der Waals surface area contributed by atoms with Gasteiger partial charge in [0.1, 0.15) is 5.84 Å². The van der Waals surface area contributed by atoms with E-state index in [1.165, 1.54) is 5.56 Å². The zero-order valence-corrected chi connectivity index (χ0v) is 10.4. The summed E-state index contributed by atoms with van der Waals surface area (Å²) in [5.74, 6) is 0.624. The van der Waals surface area contributed by atoms with Crippen molar-refractivity contribution in [2.45, 2.75) is 19.0 Å². The summed E-state index contributed by atoms with van der Waals surface area (Å²) in [6, 6.07) is 8.75. The Labute approximate surface area is 102 Å². The molecule has 0 bridgehead atoms. The minimum atomic E-state index is 0.223. The first-order chi connectivity index (χ1) is 8.20. The van der Waals surface area contributed by atoms with E-state index < -0.39 is 0 Å². The zero-order valence-electron chi connectivity index (χ0n) is 10.4. The van der Waals surface area contributed by atoms with Crippen LogP contribution in [-0.4, -0.2) is 38.1 Å². The molecule has 1 aromatic rings. The molecule has 0 radical (unpaired) electrons. The molecule has 0 saturated carbocycles. The highest BCUT2D eigenvalue weighted by molar-refractivity contribution is 5.97. The molecular weight excluding hydrogens is 212 g/mol. The van der Waals surface area contributed by atoms with Crippen molar-refractivity contribution in [3.05, 3.63) is 35.4 Å². The van der Waals surface area contributed by atoms with Gasteiger partial charge in [0, 0.05) is 24.7 Å². The van der Waals surface area contributed by atoms with Crippen molar-refractivity contribution < 1.29 is 0 Å². The number of likely N-dealkylation sites (N-methyl/N-ethyl adjacent to an activating group) is 1. The summed E-state index contributed by atoms with van der Waals surface area (Å²) in [5, 5.41) is 6.57. The van der Waals surface area contributed by atoms with Crippen LogP contribution < -0.4 is 16.4 Å². The molecule has 1 aliphatic rings. The molecule has 2 atom stereocenters. The second kappa shape index (κ2) is 5.29. The minimum Gasteiger partial charge on any atom is -0.383 e. The number of amidine groups is 1. The highest BCUT2D eigenvalue weighted by Crippen LogP contribution is 2.08. The Kier molecular flexibility index (Phi) is 3.76. The molecule has 0 amide bonds. The van der Waals surface area contributed by atoms with Gasteiger partial charge in [-0.25, -0.2) is 0 Å². The van der Waals surface area contributed by atoms with Crippen molar-refractivity contribution in [3.8, 4) is 0 Å². The van der Waals surface area contributed by atoms with Gasteiger partial charge in [-0.15, -0.1) is 0 Å². The predicted octanol–water partition coefficient (Wildman–Crippen LogP) is 0.260. The fraction of sp³-hybridized carbons (Fsp3) is 0.462. The second-order valence-corrected chi connectivity index (χ2v) is 4.50. The number of rotatable bonds is 3. The van der Waals surface area contributed by atoms with Crippen molar-refractivity contribution >= 4 is 5.84 Å². The van der Waals surface area contributed by atoms with Crippen LogP contribution in [0.2, 0.25) is 0 Å². The molecule has 0 spiro atoms. The lowest BCUT2D eigenvalue weighted by molar-refractivity contribution is 0.550. The van der Waals surface area contributed by atoms with Crippen molar-refractivity contribution in [2.75, 3.05) is 20.1 Å². The summed E-state index contributed by atoms with van der Waals surface area (Å²) in [6.07, 6.45) is 0. The largest absolute Gasteiger partial charge is 0.383 e. The van der Waals surface area contributed by atoms with Gasteiger partial charge in [0.15, 0.2) is 0 Å². The van der Waals surface area contributed by atoms with E-state index in [4.69, 9.17) is 5.73 Å². The van der Waals surface area contributed by atoms with Crippen LogP contribution in [-0.2, 0) is 0 Å². The fourth-order valence-corrected chi connectivity index (χ4v) is 2.07. The number of benzene rings is 1. The van der Waals surface area contributed by atoms with Gasteiger partial charge in [0.2, 0.25) is 0 Å². The Bertz CT molecular complexity index is 396. The second-order valence-electron chi connectivity index (χ2n) is 4.50. The van der Waals surface area contributed by atoms with E-state index in [2.05, 4.69) is 34.7 Å². The third kappa shape index (κ3) is 2.84. The minimum absolute atomic E-state index is 0.223. The van der Waals surface area contributed by atoms with Crippen molar-refractivity contribution in [2.24, 2.45) is 10.7 Å². The lowest BCUT2D eigenvalue weighted by Crippen LogP contribution is -2.36. The van der Waals surface area contributed by atoms with Crippen LogP contribution in [0, 0.1) is 6.92 Å². The zero-order chi connectivity index (χ0) is 12.3. The smallest absolute Gasteiger partial charge is 0.126 e. The van der Waals surface area contributed by atoms with Gasteiger partial charge in [-0.3, -0.25) is 4.99 Å². The third-order valence-corrected chi connectivity index (χ3v) is 3.21. The van der Waals surface area contributed by atoms with Crippen LogP contribution in [0.25, 0.3) is 0 Å². The topological polar surface area (TPSA) is 62.4 Å². The molecule has 2 rings (SSSR count). The highest BCUT2D eigenvalue weighted by Gasteiger charge is 2.25. The lowest BCUT2D eigenvalue weighted by Gasteiger charge is -2.14. The van der Waals surface area contributed by atoms with Crippen molar-refractivity contribution in [1.29, 1.82) is 0 Å². The monoisotopic (exact) mass is 232 g/mol. The Balaban J connectivity index is 2.13. The average molecular weight is 232 g/mol. The Morgan fingerprint density at radius 1 is 1.35 bits per heavy atom. The maximum atomic E-state index is 6.04. The molecule has 0 aliphatic carbocycles. The third-order valence-electron chi connectivity index (χ3n) is 3.21. The number of hydrogen-bond donors (Lipinski definition) is 3. The number of hydrogen-bond acceptors (Lipinski definition) is 3. The van der Waals surface area contributed by atoms with Gasteiger partial charge in [0.05, 0.1) is 6.04 Å². The number of aliphatic imine (C=N–C) groups is 1. The lowest BCUT2D eigenvalue weighted by atomic mass is 10.1. The summed E-state index contributed by atoms with van der Waals surface area (Å²) in [4.78, 5) is 4.60. The summed E-state index contributed by atoms with van der Waals surface area (Å²) in [5.41, 5.74) is 8.27. The van der Waals surface area contributed by atoms with Crippen LogP contribution >= 0.6 is 0 Å². The van der Waals surface area contributed by atoms with Gasteiger partial charge in [-0.05, 0) is 14.0 Å². The number of nitrogens with one attached hydrogen (secondary N) is 2. The van der Waals surface area contributed by atoms with Gasteiger partial charge in [0.25, 0.3) is 0 Å².